The molecular formula is C44H50N2O4Si2. The number of nitrogens with zero attached hydrogens (tertiary/aromatic N) is 1. The minimum atomic E-state index is -3.54. The van der Waals surface area contributed by atoms with E-state index in [1.807, 2.05) is 97.1 Å². The summed E-state index contributed by atoms with van der Waals surface area (Å²) in [5.74, 6) is 2.63. The Morgan fingerprint density at radius 2 is 1.06 bits per heavy atom. The number of hydrogen-bond donors (Lipinski definition) is 1. The fraction of sp³-hybridized carbons (Fsp3) is 0.295. The Morgan fingerprint density at radius 3 is 1.40 bits per heavy atom. The number of rotatable bonds is 10. The van der Waals surface area contributed by atoms with Crippen LogP contribution in [0.3, 0.4) is 0 Å². The van der Waals surface area contributed by atoms with Crippen LogP contribution < -0.4 is 26.1 Å². The van der Waals surface area contributed by atoms with Gasteiger partial charge in [0.05, 0.1) is 13.2 Å². The molecule has 4 rings (SSSR count). The van der Waals surface area contributed by atoms with Gasteiger partial charge < -0.3 is 9.47 Å². The van der Waals surface area contributed by atoms with Crippen LogP contribution in [-0.2, 0) is 14.3 Å². The van der Waals surface area contributed by atoms with Gasteiger partial charge in [0.2, 0.25) is 13.6 Å². The molecule has 4 aromatic rings. The van der Waals surface area contributed by atoms with Gasteiger partial charge in [-0.05, 0) is 55.9 Å². The molecule has 0 saturated heterocycles. The van der Waals surface area contributed by atoms with Gasteiger partial charge >= 0.3 is 12.1 Å². The summed E-state index contributed by atoms with van der Waals surface area (Å²) in [5.41, 5.74) is 1.55. The first kappa shape index (κ1) is 39.6. The van der Waals surface area contributed by atoms with Crippen molar-refractivity contribution in [3.63, 3.8) is 0 Å². The van der Waals surface area contributed by atoms with Crippen LogP contribution in [0.25, 0.3) is 0 Å². The molecule has 1 amide bonds. The summed E-state index contributed by atoms with van der Waals surface area (Å²) in [4.78, 5) is 28.0. The first-order chi connectivity index (χ1) is 24.8. The minimum absolute atomic E-state index is 0.00542. The second kappa shape index (κ2) is 16.5. The minimum Gasteiger partial charge on any atom is -0.463 e. The second-order valence-electron chi connectivity index (χ2n) is 14.7. The fourth-order valence-corrected chi connectivity index (χ4v) is 17.9. The van der Waals surface area contributed by atoms with Crippen molar-refractivity contribution in [2.75, 3.05) is 13.2 Å². The number of benzene rings is 4. The number of nitrogens with one attached hydrogen (secondary N) is 1. The molecule has 0 aliphatic heterocycles. The molecule has 0 heterocycles. The molecule has 1 unspecified atom stereocenters. The first-order valence-corrected chi connectivity index (χ1v) is 21.8. The Labute approximate surface area is 311 Å². The van der Waals surface area contributed by atoms with E-state index < -0.39 is 38.8 Å². The van der Waals surface area contributed by atoms with E-state index in [1.54, 1.807) is 19.9 Å². The van der Waals surface area contributed by atoms with Crippen molar-refractivity contribution in [1.29, 1.82) is 5.26 Å². The smallest absolute Gasteiger partial charge is 0.409 e. The Kier molecular flexibility index (Phi) is 12.5. The molecule has 4 aromatic carbocycles. The first-order valence-electron chi connectivity index (χ1n) is 17.8. The summed E-state index contributed by atoms with van der Waals surface area (Å²) in [7, 11) is -6.47. The SMILES string of the molecule is CCOC(=O)NC(C#N)(C(=O)OCC)/C(=C\C#C[Si](c1ccccc1)(c1ccccc1)C(C)(C)C)[Si](c1ccccc1)(c1ccccc1)C(C)(C)C. The highest BCUT2D eigenvalue weighted by Gasteiger charge is 2.61. The van der Waals surface area contributed by atoms with Gasteiger partial charge in [0, 0.05) is 0 Å². The summed E-state index contributed by atoms with van der Waals surface area (Å²) in [6, 6.07) is 43.0. The maximum absolute atomic E-state index is 14.5. The average molecular weight is 727 g/mol. The molecule has 0 radical (unpaired) electrons. The van der Waals surface area contributed by atoms with Crippen molar-refractivity contribution >= 4 is 49.0 Å². The quantitative estimate of drug-likeness (QED) is 0.112. The monoisotopic (exact) mass is 726 g/mol. The predicted octanol–water partition coefficient (Wildman–Crippen LogP) is 6.69. The van der Waals surface area contributed by atoms with Gasteiger partial charge in [-0.15, -0.1) is 5.54 Å². The van der Waals surface area contributed by atoms with Crippen molar-refractivity contribution in [3.8, 4) is 17.5 Å². The third kappa shape index (κ3) is 7.41. The van der Waals surface area contributed by atoms with E-state index in [2.05, 4.69) is 88.7 Å². The fourth-order valence-electron chi connectivity index (χ4n) is 7.50. The maximum Gasteiger partial charge on any atom is 0.409 e. The topological polar surface area (TPSA) is 88.4 Å². The number of ether oxygens (including phenoxy) is 2. The summed E-state index contributed by atoms with van der Waals surface area (Å²) < 4.78 is 11.0. The third-order valence-electron chi connectivity index (χ3n) is 9.68. The van der Waals surface area contributed by atoms with E-state index in [1.165, 1.54) is 0 Å². The van der Waals surface area contributed by atoms with Crippen molar-refractivity contribution < 1.29 is 19.1 Å². The molecule has 0 aliphatic rings. The number of alkyl carbamates (subject to hydrolysis) is 1. The third-order valence-corrected chi connectivity index (χ3v) is 20.8. The average Bonchev–Trinajstić information content (AvgIpc) is 3.13. The number of nitriles is 1. The largest absolute Gasteiger partial charge is 0.463 e. The Balaban J connectivity index is 2.31. The van der Waals surface area contributed by atoms with Crippen LogP contribution in [-0.4, -0.2) is 47.0 Å². The number of hydrogen-bond acceptors (Lipinski definition) is 5. The highest BCUT2D eigenvalue weighted by atomic mass is 28.3. The molecule has 8 heteroatoms. The lowest BCUT2D eigenvalue weighted by Crippen LogP contribution is -2.73. The molecule has 0 aliphatic carbocycles. The standard InChI is InChI=1S/C44H50N2O4Si2/c1-9-49-40(47)44(34-45,46-41(48)50-10-2)39(52(43(6,7)8,37-28-19-13-20-29-37)38-30-21-14-22-31-38)32-23-33-51(42(3,4)5,35-24-15-11-16-25-35)36-26-17-12-18-27-36/h11-22,24-32H,9-10H2,1-8H3,(H,46,48)/b39-32+. The Bertz CT molecular complexity index is 1870. The molecule has 1 atom stereocenters. The van der Waals surface area contributed by atoms with E-state index >= 15 is 0 Å². The molecule has 6 nitrogen and oxygen atoms in total. The van der Waals surface area contributed by atoms with Gasteiger partial charge in [-0.3, -0.25) is 5.32 Å². The zero-order chi connectivity index (χ0) is 38.0. The van der Waals surface area contributed by atoms with Gasteiger partial charge in [-0.1, -0.05) is 169 Å². The molecule has 268 valence electrons. The number of carbonyl (C=O) groups is 2. The van der Waals surface area contributed by atoms with Gasteiger partial charge in [0.25, 0.3) is 0 Å². The van der Waals surface area contributed by atoms with E-state index in [0.29, 0.717) is 5.20 Å². The van der Waals surface area contributed by atoms with Crippen LogP contribution >= 0.6 is 0 Å². The highest BCUT2D eigenvalue weighted by Crippen LogP contribution is 2.44. The summed E-state index contributed by atoms with van der Waals surface area (Å²) in [5, 5.41) is 17.8. The van der Waals surface area contributed by atoms with E-state index in [4.69, 9.17) is 9.47 Å². The van der Waals surface area contributed by atoms with Crippen molar-refractivity contribution in [3.05, 3.63) is 133 Å². The normalized spacial score (nSPS) is 13.4. The van der Waals surface area contributed by atoms with Gasteiger partial charge in [0.1, 0.15) is 6.07 Å². The lowest BCUT2D eigenvalue weighted by Gasteiger charge is -2.49. The van der Waals surface area contributed by atoms with Crippen LogP contribution in [0.2, 0.25) is 10.1 Å². The van der Waals surface area contributed by atoms with Crippen molar-refractivity contribution in [1.82, 2.24) is 5.32 Å². The van der Waals surface area contributed by atoms with E-state index in [0.717, 1.165) is 20.7 Å². The van der Waals surface area contributed by atoms with Gasteiger partial charge in [-0.2, -0.15) is 5.26 Å². The van der Waals surface area contributed by atoms with E-state index in [9.17, 15) is 14.9 Å². The summed E-state index contributed by atoms with van der Waals surface area (Å²) in [6.07, 6.45) is 0.851. The predicted molar refractivity (Wildman–Crippen MR) is 216 cm³/mol. The van der Waals surface area contributed by atoms with E-state index in [-0.39, 0.29) is 18.3 Å². The van der Waals surface area contributed by atoms with Crippen molar-refractivity contribution in [2.24, 2.45) is 0 Å². The Morgan fingerprint density at radius 1 is 0.654 bits per heavy atom. The molecular weight excluding hydrogens is 677 g/mol. The maximum atomic E-state index is 14.5. The second-order valence-corrected chi connectivity index (χ2v) is 23.8. The van der Waals surface area contributed by atoms with Crippen LogP contribution in [0.1, 0.15) is 55.4 Å². The van der Waals surface area contributed by atoms with Gasteiger partial charge in [-0.25, -0.2) is 9.59 Å². The number of amides is 1. The lowest BCUT2D eigenvalue weighted by atomic mass is 10.0. The molecule has 0 aromatic heterocycles. The number of esters is 1. The van der Waals surface area contributed by atoms with Crippen LogP contribution in [0.4, 0.5) is 4.79 Å². The lowest BCUT2D eigenvalue weighted by molar-refractivity contribution is -0.146. The summed E-state index contributed by atoms with van der Waals surface area (Å²) in [6.45, 7) is 16.4. The molecule has 1 N–H and O–H groups in total. The summed E-state index contributed by atoms with van der Waals surface area (Å²) >= 11 is 0. The van der Waals surface area contributed by atoms with Crippen LogP contribution in [0, 0.1) is 22.8 Å². The molecule has 0 saturated carbocycles. The highest BCUT2D eigenvalue weighted by molar-refractivity contribution is 7.10. The number of carbonyl (C=O) groups excluding carboxylic acids is 2. The van der Waals surface area contributed by atoms with Crippen LogP contribution in [0.15, 0.2) is 133 Å². The Hall–Kier alpha value is -5.16. The molecule has 0 spiro atoms. The van der Waals surface area contributed by atoms with Crippen molar-refractivity contribution in [2.45, 2.75) is 71.0 Å². The molecule has 0 bridgehead atoms. The van der Waals surface area contributed by atoms with Crippen LogP contribution in [0.5, 0.6) is 0 Å². The molecule has 0 fully saturated rings. The van der Waals surface area contributed by atoms with Gasteiger partial charge in [0.15, 0.2) is 8.07 Å². The molecule has 52 heavy (non-hydrogen) atoms. The number of allylic oxidation sites excluding steroid dienone is 1. The zero-order valence-electron chi connectivity index (χ0n) is 31.6. The zero-order valence-corrected chi connectivity index (χ0v) is 33.6.